The second-order valence-corrected chi connectivity index (χ2v) is 10.2. The highest BCUT2D eigenvalue weighted by atomic mass is 16.6. The molecule has 1 heterocycles. The van der Waals surface area contributed by atoms with E-state index in [9.17, 15) is 14.7 Å². The van der Waals surface area contributed by atoms with Gasteiger partial charge in [0.15, 0.2) is 5.60 Å². The highest BCUT2D eigenvalue weighted by Gasteiger charge is 2.42. The monoisotopic (exact) mass is 491 g/mol. The summed E-state index contributed by atoms with van der Waals surface area (Å²) in [6.45, 7) is 3.66. The normalized spacial score (nSPS) is 20.4. The van der Waals surface area contributed by atoms with Crippen LogP contribution in [0.2, 0.25) is 0 Å². The number of primary amides is 1. The molecule has 0 saturated heterocycles. The largest absolute Gasteiger partial charge is 0.433 e. The first-order valence-electron chi connectivity index (χ1n) is 12.9. The van der Waals surface area contributed by atoms with Crippen LogP contribution in [0.5, 0.6) is 0 Å². The van der Waals surface area contributed by atoms with Gasteiger partial charge in [0.2, 0.25) is 0 Å². The topological polar surface area (TPSA) is 109 Å². The van der Waals surface area contributed by atoms with Crippen molar-refractivity contribution in [3.05, 3.63) is 71.9 Å². The van der Waals surface area contributed by atoms with Crippen LogP contribution >= 0.6 is 0 Å². The smallest absolute Gasteiger partial charge is 0.411 e. The quantitative estimate of drug-likeness (QED) is 0.387. The molecular formula is C29H37N3O4. The first-order valence-corrected chi connectivity index (χ1v) is 12.9. The minimum absolute atomic E-state index is 0.0618. The number of aromatic nitrogens is 1. The number of H-pyrrole nitrogens is 1. The molecule has 2 aromatic carbocycles. The molecule has 2 amide bonds. The van der Waals surface area contributed by atoms with E-state index in [4.69, 9.17) is 10.5 Å². The lowest BCUT2D eigenvalue weighted by Gasteiger charge is -2.43. The van der Waals surface area contributed by atoms with E-state index < -0.39 is 17.6 Å². The van der Waals surface area contributed by atoms with Crippen LogP contribution < -0.4 is 5.73 Å². The summed E-state index contributed by atoms with van der Waals surface area (Å²) in [5.41, 5.74) is 7.03. The fourth-order valence-corrected chi connectivity index (χ4v) is 5.53. The number of aromatic amines is 1. The van der Waals surface area contributed by atoms with Gasteiger partial charge in [-0.2, -0.15) is 0 Å². The van der Waals surface area contributed by atoms with Gasteiger partial charge in [0.1, 0.15) is 0 Å². The molecule has 36 heavy (non-hydrogen) atoms. The number of hydrogen-bond donors (Lipinski definition) is 3. The number of ether oxygens (including phenoxy) is 1. The minimum atomic E-state index is -1.54. The van der Waals surface area contributed by atoms with E-state index in [1.54, 1.807) is 11.8 Å². The van der Waals surface area contributed by atoms with Crippen LogP contribution in [0.25, 0.3) is 10.9 Å². The molecule has 0 aliphatic heterocycles. The first kappa shape index (κ1) is 25.8. The van der Waals surface area contributed by atoms with Crippen molar-refractivity contribution < 1.29 is 19.4 Å². The Morgan fingerprint density at radius 1 is 1.14 bits per heavy atom. The molecule has 4 unspecified atom stereocenters. The second kappa shape index (κ2) is 11.2. The van der Waals surface area contributed by atoms with Gasteiger partial charge in [-0.1, -0.05) is 68.3 Å². The molecule has 0 radical (unpaired) electrons. The number of aliphatic hydroxyl groups excluding tert-OH is 1. The second-order valence-electron chi connectivity index (χ2n) is 10.2. The number of aliphatic hydroxyl groups is 1. The number of nitrogens with one attached hydrogen (secondary N) is 1. The van der Waals surface area contributed by atoms with Gasteiger partial charge in [-0.25, -0.2) is 4.79 Å². The Bertz CT molecular complexity index is 1180. The minimum Gasteiger partial charge on any atom is -0.433 e. The zero-order valence-electron chi connectivity index (χ0n) is 21.2. The lowest BCUT2D eigenvalue weighted by molar-refractivity contribution is -0.136. The fraction of sp³-hybridized carbons (Fsp3) is 0.448. The van der Waals surface area contributed by atoms with Crippen molar-refractivity contribution in [2.45, 2.75) is 70.1 Å². The molecule has 0 bridgehead atoms. The summed E-state index contributed by atoms with van der Waals surface area (Å²) in [7, 11) is 0. The predicted molar refractivity (Wildman–Crippen MR) is 140 cm³/mol. The molecule has 1 saturated carbocycles. The molecule has 1 fully saturated rings. The summed E-state index contributed by atoms with van der Waals surface area (Å²) in [5.74, 6) is -0.430. The predicted octanol–water partition coefficient (Wildman–Crippen LogP) is 5.10. The molecule has 7 heteroatoms. The van der Waals surface area contributed by atoms with E-state index in [1.165, 1.54) is 0 Å². The van der Waals surface area contributed by atoms with Crippen LogP contribution in [0.4, 0.5) is 4.79 Å². The third-order valence-electron chi connectivity index (χ3n) is 7.59. The summed E-state index contributed by atoms with van der Waals surface area (Å²) in [4.78, 5) is 31.7. The van der Waals surface area contributed by atoms with E-state index in [-0.39, 0.29) is 31.0 Å². The molecule has 4 atom stereocenters. The van der Waals surface area contributed by atoms with E-state index in [1.807, 2.05) is 60.8 Å². The van der Waals surface area contributed by atoms with Crippen LogP contribution in [-0.2, 0) is 16.0 Å². The highest BCUT2D eigenvalue weighted by molar-refractivity contribution is 5.88. The molecule has 3 aromatic rings. The Kier molecular flexibility index (Phi) is 7.99. The molecular weight excluding hydrogens is 454 g/mol. The van der Waals surface area contributed by atoms with Crippen LogP contribution in [0, 0.1) is 5.92 Å². The number of carbonyl (C=O) groups is 2. The zero-order valence-corrected chi connectivity index (χ0v) is 21.2. The number of amides is 2. The Morgan fingerprint density at radius 3 is 2.53 bits per heavy atom. The lowest BCUT2D eigenvalue weighted by atomic mass is 9.83. The summed E-state index contributed by atoms with van der Waals surface area (Å²) in [5, 5.41) is 10.9. The average Bonchev–Trinajstić information content (AvgIpc) is 3.27. The van der Waals surface area contributed by atoms with Crippen molar-refractivity contribution in [3.8, 4) is 0 Å². The van der Waals surface area contributed by atoms with Crippen molar-refractivity contribution >= 4 is 22.9 Å². The summed E-state index contributed by atoms with van der Waals surface area (Å²) >= 11 is 0. The Labute approximate surface area is 212 Å². The maximum atomic E-state index is 14.0. The number of hydrogen-bond acceptors (Lipinski definition) is 4. The van der Waals surface area contributed by atoms with Crippen molar-refractivity contribution in [3.63, 3.8) is 0 Å². The van der Waals surface area contributed by atoms with Crippen LogP contribution in [-0.4, -0.2) is 45.2 Å². The summed E-state index contributed by atoms with van der Waals surface area (Å²) in [6.07, 6.45) is 5.78. The SMILES string of the molecule is CC1CCCCC1N(C(=O)OC(C)(Cc1c[nH]c2ccccc12)C(N)=O)C(CCO)c1ccccc1. The number of carbonyl (C=O) groups excluding carboxylic acids is 2. The lowest BCUT2D eigenvalue weighted by Crippen LogP contribution is -2.53. The van der Waals surface area contributed by atoms with Gasteiger partial charge in [-0.15, -0.1) is 0 Å². The number of nitrogens with two attached hydrogens (primary N) is 1. The van der Waals surface area contributed by atoms with Crippen LogP contribution in [0.1, 0.15) is 63.1 Å². The van der Waals surface area contributed by atoms with Gasteiger partial charge in [0, 0.05) is 36.2 Å². The van der Waals surface area contributed by atoms with Gasteiger partial charge in [-0.05, 0) is 49.3 Å². The molecule has 1 aliphatic carbocycles. The van der Waals surface area contributed by atoms with Crippen molar-refractivity contribution in [1.29, 1.82) is 0 Å². The molecule has 4 rings (SSSR count). The van der Waals surface area contributed by atoms with E-state index in [0.29, 0.717) is 6.42 Å². The molecule has 0 spiro atoms. The van der Waals surface area contributed by atoms with Crippen molar-refractivity contribution in [2.75, 3.05) is 6.61 Å². The molecule has 7 nitrogen and oxygen atoms in total. The number of rotatable bonds is 9. The Balaban J connectivity index is 1.68. The van der Waals surface area contributed by atoms with E-state index >= 15 is 0 Å². The number of nitrogens with zero attached hydrogens (tertiary/aromatic N) is 1. The van der Waals surface area contributed by atoms with E-state index in [2.05, 4.69) is 11.9 Å². The number of benzene rings is 2. The summed E-state index contributed by atoms with van der Waals surface area (Å²) < 4.78 is 6.05. The Hall–Kier alpha value is -3.32. The standard InChI is InChI=1S/C29H37N3O4/c1-20-10-6-9-15-25(20)32(26(16-17-33)21-11-4-3-5-12-21)28(35)36-29(2,27(30)34)18-22-19-31-24-14-8-7-13-23(22)24/h3-5,7-8,11-14,19-20,25-26,31,33H,6,9-10,15-18H2,1-2H3,(H2,30,34). The molecule has 192 valence electrons. The van der Waals surface area contributed by atoms with Gasteiger partial charge in [0.25, 0.3) is 5.91 Å². The fourth-order valence-electron chi connectivity index (χ4n) is 5.53. The Morgan fingerprint density at radius 2 is 1.83 bits per heavy atom. The van der Waals surface area contributed by atoms with Crippen molar-refractivity contribution in [1.82, 2.24) is 9.88 Å². The average molecular weight is 492 g/mol. The third-order valence-corrected chi connectivity index (χ3v) is 7.59. The highest BCUT2D eigenvalue weighted by Crippen LogP contribution is 2.37. The van der Waals surface area contributed by atoms with Crippen LogP contribution in [0.3, 0.4) is 0 Å². The zero-order chi connectivity index (χ0) is 25.7. The molecule has 1 aromatic heterocycles. The van der Waals surface area contributed by atoms with Crippen molar-refractivity contribution in [2.24, 2.45) is 11.7 Å². The maximum Gasteiger partial charge on any atom is 0.411 e. The molecule has 1 aliphatic rings. The molecule has 4 N–H and O–H groups in total. The van der Waals surface area contributed by atoms with Gasteiger partial charge in [0.05, 0.1) is 6.04 Å². The first-order chi connectivity index (χ1) is 17.3. The summed E-state index contributed by atoms with van der Waals surface area (Å²) in [6, 6.07) is 17.1. The maximum absolute atomic E-state index is 14.0. The number of fused-ring (bicyclic) bond motifs is 1. The van der Waals surface area contributed by atoms with Gasteiger partial charge < -0.3 is 20.6 Å². The van der Waals surface area contributed by atoms with E-state index in [0.717, 1.165) is 47.7 Å². The number of para-hydroxylation sites is 1. The van der Waals surface area contributed by atoms with Crippen LogP contribution in [0.15, 0.2) is 60.8 Å². The van der Waals surface area contributed by atoms with Gasteiger partial charge >= 0.3 is 6.09 Å². The third kappa shape index (κ3) is 5.41. The van der Waals surface area contributed by atoms with Gasteiger partial charge in [-0.3, -0.25) is 9.69 Å².